The average molecular weight is 506 g/mol. The van der Waals surface area contributed by atoms with Crippen LogP contribution in [0.15, 0.2) is 57.2 Å². The van der Waals surface area contributed by atoms with Crippen LogP contribution >= 0.6 is 11.6 Å². The van der Waals surface area contributed by atoms with Gasteiger partial charge in [0.1, 0.15) is 5.76 Å². The Labute approximate surface area is 210 Å². The number of ether oxygens (including phenoxy) is 1. The number of aromatic nitrogens is 1. The van der Waals surface area contributed by atoms with Crippen molar-refractivity contribution < 1.29 is 18.4 Å². The van der Waals surface area contributed by atoms with E-state index in [-0.39, 0.29) is 5.91 Å². The number of rotatable bonds is 11. The molecular formula is C25H33ClFN5O3. The summed E-state index contributed by atoms with van der Waals surface area (Å²) in [5, 5.41) is 18.0. The Morgan fingerprint density at radius 1 is 1.49 bits per heavy atom. The van der Waals surface area contributed by atoms with Crippen molar-refractivity contribution in [3.05, 3.63) is 64.1 Å². The minimum absolute atomic E-state index is 0.105. The van der Waals surface area contributed by atoms with E-state index in [1.807, 2.05) is 18.0 Å². The maximum Gasteiger partial charge on any atom is 0.217 e. The van der Waals surface area contributed by atoms with Crippen molar-refractivity contribution in [3.63, 3.8) is 0 Å². The van der Waals surface area contributed by atoms with Gasteiger partial charge in [-0.2, -0.15) is 0 Å². The lowest BCUT2D eigenvalue weighted by atomic mass is 9.73. The Morgan fingerprint density at radius 3 is 2.89 bits per heavy atom. The molecule has 1 fully saturated rings. The van der Waals surface area contributed by atoms with Crippen LogP contribution in [0.5, 0.6) is 0 Å². The monoisotopic (exact) mass is 505 g/mol. The highest BCUT2D eigenvalue weighted by molar-refractivity contribution is 6.32. The second-order valence-corrected chi connectivity index (χ2v) is 9.30. The number of hydrogen-bond donors (Lipinski definition) is 2. The summed E-state index contributed by atoms with van der Waals surface area (Å²) in [6.45, 7) is 9.37. The van der Waals surface area contributed by atoms with Crippen LogP contribution in [0.4, 0.5) is 4.39 Å². The van der Waals surface area contributed by atoms with Crippen molar-refractivity contribution in [2.24, 2.45) is 5.92 Å². The van der Waals surface area contributed by atoms with Gasteiger partial charge in [-0.3, -0.25) is 4.79 Å². The standard InChI is InChI=1S/C25H33ClFN5O3/c1-5-19-13-32(31(4)14-21(27)11-28)7-6-23(19)25(26)16(2)34-15-18-8-20(9-18)24-10-22(35-30-24)12-29-17(3)33/h5,10-11,14,18,20,28H,1,6-9,12-13,15H2,2-4H3,(H,29,33)/b21-14+,25-16-,28-11?. The highest BCUT2D eigenvalue weighted by Gasteiger charge is 2.33. The lowest BCUT2D eigenvalue weighted by Gasteiger charge is -2.36. The number of carbonyl (C=O) groups is 1. The van der Waals surface area contributed by atoms with Gasteiger partial charge >= 0.3 is 0 Å². The van der Waals surface area contributed by atoms with Gasteiger partial charge in [0.2, 0.25) is 5.91 Å². The summed E-state index contributed by atoms with van der Waals surface area (Å²) >= 11 is 6.70. The molecule has 0 atom stereocenters. The van der Waals surface area contributed by atoms with Crippen LogP contribution in [-0.4, -0.2) is 54.0 Å². The Kier molecular flexibility index (Phi) is 9.28. The zero-order chi connectivity index (χ0) is 25.5. The fourth-order valence-electron chi connectivity index (χ4n) is 4.23. The normalized spacial score (nSPS) is 21.7. The molecule has 0 aromatic carbocycles. The number of allylic oxidation sites excluding steroid dienone is 3. The van der Waals surface area contributed by atoms with Crippen LogP contribution in [0, 0.1) is 11.3 Å². The number of carbonyl (C=O) groups excluding carboxylic acids is 1. The highest BCUT2D eigenvalue weighted by Crippen LogP contribution is 2.42. The van der Waals surface area contributed by atoms with Crippen molar-refractivity contribution in [2.75, 3.05) is 26.7 Å². The van der Waals surface area contributed by atoms with Crippen molar-refractivity contribution in [3.8, 4) is 0 Å². The van der Waals surface area contributed by atoms with E-state index in [0.29, 0.717) is 67.3 Å². The molecule has 0 radical (unpaired) electrons. The molecule has 8 nitrogen and oxygen atoms in total. The van der Waals surface area contributed by atoms with Gasteiger partial charge in [-0.15, -0.1) is 0 Å². The number of nitrogens with one attached hydrogen (secondary N) is 2. The zero-order valence-electron chi connectivity index (χ0n) is 20.4. The van der Waals surface area contributed by atoms with Gasteiger partial charge < -0.3 is 25.0 Å². The molecule has 1 aromatic rings. The third-order valence-corrected chi connectivity index (χ3v) is 6.85. The first kappa shape index (κ1) is 26.7. The first-order chi connectivity index (χ1) is 16.7. The van der Waals surface area contributed by atoms with Crippen molar-refractivity contribution in [2.45, 2.75) is 45.6 Å². The lowest BCUT2D eigenvalue weighted by molar-refractivity contribution is -0.119. The second-order valence-electron chi connectivity index (χ2n) is 8.92. The largest absolute Gasteiger partial charge is 0.496 e. The topological polar surface area (TPSA) is 94.7 Å². The zero-order valence-corrected chi connectivity index (χ0v) is 21.2. The predicted octanol–water partition coefficient (Wildman–Crippen LogP) is 4.79. The van der Waals surface area contributed by atoms with Crippen molar-refractivity contribution in [1.82, 2.24) is 20.5 Å². The molecule has 1 aliphatic heterocycles. The van der Waals surface area contributed by atoms with Gasteiger partial charge in [-0.1, -0.05) is 29.4 Å². The first-order valence-corrected chi connectivity index (χ1v) is 12.0. The molecular weight excluding hydrogens is 473 g/mol. The molecule has 0 saturated heterocycles. The molecule has 1 aliphatic carbocycles. The smallest absolute Gasteiger partial charge is 0.217 e. The summed E-state index contributed by atoms with van der Waals surface area (Å²) < 4.78 is 24.8. The molecule has 35 heavy (non-hydrogen) atoms. The van der Waals surface area contributed by atoms with Crippen molar-refractivity contribution >= 4 is 23.7 Å². The molecule has 2 N–H and O–H groups in total. The van der Waals surface area contributed by atoms with Crippen LogP contribution in [0.25, 0.3) is 0 Å². The van der Waals surface area contributed by atoms with Crippen LogP contribution in [0.1, 0.15) is 50.5 Å². The van der Waals surface area contributed by atoms with E-state index in [0.717, 1.165) is 29.7 Å². The maximum atomic E-state index is 13.4. The first-order valence-electron chi connectivity index (χ1n) is 11.6. The number of amides is 1. The van der Waals surface area contributed by atoms with Crippen molar-refractivity contribution in [1.29, 1.82) is 5.41 Å². The van der Waals surface area contributed by atoms with Crippen LogP contribution in [0.3, 0.4) is 0 Å². The van der Waals surface area contributed by atoms with E-state index >= 15 is 0 Å². The van der Waals surface area contributed by atoms with E-state index in [1.54, 1.807) is 18.1 Å². The van der Waals surface area contributed by atoms with Gasteiger partial charge in [-0.25, -0.2) is 9.40 Å². The quantitative estimate of drug-likeness (QED) is 0.332. The molecule has 2 aliphatic rings. The minimum Gasteiger partial charge on any atom is -0.496 e. The summed E-state index contributed by atoms with van der Waals surface area (Å²) in [7, 11) is 1.75. The number of nitrogens with zero attached hydrogens (tertiary/aromatic N) is 3. The molecule has 3 rings (SSSR count). The van der Waals surface area contributed by atoms with Gasteiger partial charge in [0.15, 0.2) is 11.6 Å². The van der Waals surface area contributed by atoms with Gasteiger partial charge in [0, 0.05) is 39.0 Å². The Bertz CT molecular complexity index is 1040. The minimum atomic E-state index is -0.614. The SMILES string of the molecule is C=CC1=C(/C(Cl)=C(\C)OCC2CC(c3cc(CNC(C)=O)on3)C2)CCN(N(C)/C=C(/F)C=N)C1. The number of hydrazine groups is 1. The molecule has 0 spiro atoms. The fraction of sp³-hybridized carbons (Fsp3) is 0.480. The third-order valence-electron chi connectivity index (χ3n) is 6.35. The molecule has 1 aromatic heterocycles. The summed E-state index contributed by atoms with van der Waals surface area (Å²) in [6, 6.07) is 1.90. The Balaban J connectivity index is 1.52. The number of hydrogen-bond acceptors (Lipinski definition) is 7. The summed E-state index contributed by atoms with van der Waals surface area (Å²) in [5.41, 5.74) is 2.87. The second kappa shape index (κ2) is 12.2. The number of halogens is 2. The van der Waals surface area contributed by atoms with Crippen LogP contribution < -0.4 is 5.32 Å². The van der Waals surface area contributed by atoms with Crippen LogP contribution in [-0.2, 0) is 16.1 Å². The predicted molar refractivity (Wildman–Crippen MR) is 133 cm³/mol. The third kappa shape index (κ3) is 7.05. The highest BCUT2D eigenvalue weighted by atomic mass is 35.5. The van der Waals surface area contributed by atoms with E-state index < -0.39 is 5.83 Å². The lowest BCUT2D eigenvalue weighted by Crippen LogP contribution is -2.41. The molecule has 1 saturated carbocycles. The van der Waals surface area contributed by atoms with Crippen LogP contribution in [0.2, 0.25) is 0 Å². The fourth-order valence-corrected chi connectivity index (χ4v) is 4.50. The summed E-state index contributed by atoms with van der Waals surface area (Å²) in [5.74, 6) is 1.36. The van der Waals surface area contributed by atoms with E-state index in [2.05, 4.69) is 17.1 Å². The van der Waals surface area contributed by atoms with Gasteiger partial charge in [0.05, 0.1) is 36.3 Å². The van der Waals surface area contributed by atoms with E-state index in [9.17, 15) is 9.18 Å². The summed E-state index contributed by atoms with van der Waals surface area (Å²) in [4.78, 5) is 11.0. The van der Waals surface area contributed by atoms with Gasteiger partial charge in [0.25, 0.3) is 0 Å². The molecule has 1 amide bonds. The molecule has 0 bridgehead atoms. The van der Waals surface area contributed by atoms with E-state index in [1.165, 1.54) is 13.1 Å². The average Bonchev–Trinajstić information content (AvgIpc) is 3.28. The molecule has 0 unspecified atom stereocenters. The molecule has 190 valence electrons. The Hall–Kier alpha value is -2.91. The maximum absolute atomic E-state index is 13.4. The summed E-state index contributed by atoms with van der Waals surface area (Å²) in [6.07, 6.45) is 6.31. The van der Waals surface area contributed by atoms with E-state index in [4.69, 9.17) is 26.3 Å². The Morgan fingerprint density at radius 2 is 2.23 bits per heavy atom. The van der Waals surface area contributed by atoms with Gasteiger partial charge in [-0.05, 0) is 43.3 Å². The molecule has 2 heterocycles. The molecule has 10 heteroatoms.